The standard InChI is InChI=1S/C11H11N/c1-3-9-4-5-11-10(8-9)6-7-12(11)2/h1,4-5,8H,6-7H2,2H3. The first-order valence-corrected chi connectivity index (χ1v) is 4.12. The van der Waals surface area contributed by atoms with Crippen LogP contribution < -0.4 is 4.90 Å². The number of rotatable bonds is 0. The van der Waals surface area contributed by atoms with Gasteiger partial charge in [0.05, 0.1) is 0 Å². The molecule has 0 saturated carbocycles. The zero-order valence-corrected chi connectivity index (χ0v) is 7.17. The Balaban J connectivity index is 2.50. The van der Waals surface area contributed by atoms with E-state index in [1.165, 1.54) is 11.3 Å². The van der Waals surface area contributed by atoms with Crippen LogP contribution in [0.5, 0.6) is 0 Å². The topological polar surface area (TPSA) is 3.24 Å². The van der Waals surface area contributed by atoms with Gasteiger partial charge in [0.15, 0.2) is 0 Å². The molecular formula is C11H11N. The highest BCUT2D eigenvalue weighted by atomic mass is 15.1. The van der Waals surface area contributed by atoms with Gasteiger partial charge in [-0.15, -0.1) is 6.42 Å². The third-order valence-electron chi connectivity index (χ3n) is 2.37. The van der Waals surface area contributed by atoms with Crippen molar-refractivity contribution in [2.24, 2.45) is 0 Å². The van der Waals surface area contributed by atoms with Crippen molar-refractivity contribution in [2.75, 3.05) is 18.5 Å². The summed E-state index contributed by atoms with van der Waals surface area (Å²) >= 11 is 0. The van der Waals surface area contributed by atoms with Crippen LogP contribution in [-0.4, -0.2) is 13.6 Å². The largest absolute Gasteiger partial charge is 0.374 e. The second-order valence-corrected chi connectivity index (χ2v) is 3.16. The van der Waals surface area contributed by atoms with Crippen LogP contribution in [0.1, 0.15) is 11.1 Å². The maximum absolute atomic E-state index is 5.31. The molecule has 0 radical (unpaired) electrons. The van der Waals surface area contributed by atoms with E-state index in [2.05, 4.69) is 30.0 Å². The van der Waals surface area contributed by atoms with Gasteiger partial charge in [0.2, 0.25) is 0 Å². The van der Waals surface area contributed by atoms with Crippen LogP contribution in [0, 0.1) is 12.3 Å². The minimum atomic E-state index is 0.990. The number of terminal acetylenes is 1. The van der Waals surface area contributed by atoms with Crippen molar-refractivity contribution >= 4 is 5.69 Å². The first kappa shape index (κ1) is 7.24. The summed E-state index contributed by atoms with van der Waals surface area (Å²) < 4.78 is 0. The molecule has 0 aromatic heterocycles. The van der Waals surface area contributed by atoms with Gasteiger partial charge >= 0.3 is 0 Å². The van der Waals surface area contributed by atoms with Crippen molar-refractivity contribution < 1.29 is 0 Å². The second kappa shape index (κ2) is 2.57. The molecule has 1 aromatic carbocycles. The predicted molar refractivity (Wildman–Crippen MR) is 51.4 cm³/mol. The molecule has 2 rings (SSSR count). The fourth-order valence-corrected chi connectivity index (χ4v) is 1.66. The molecule has 1 aliphatic rings. The summed E-state index contributed by atoms with van der Waals surface area (Å²) in [5.41, 5.74) is 3.70. The van der Waals surface area contributed by atoms with Gasteiger partial charge in [0, 0.05) is 24.8 Å². The number of hydrogen-bond donors (Lipinski definition) is 0. The molecule has 12 heavy (non-hydrogen) atoms. The molecule has 0 fully saturated rings. The van der Waals surface area contributed by atoms with E-state index in [0.29, 0.717) is 0 Å². The third kappa shape index (κ3) is 0.967. The van der Waals surface area contributed by atoms with Gasteiger partial charge in [0.25, 0.3) is 0 Å². The normalized spacial score (nSPS) is 14.2. The Labute approximate surface area is 73.0 Å². The Hall–Kier alpha value is -1.42. The van der Waals surface area contributed by atoms with E-state index in [0.717, 1.165) is 18.5 Å². The molecule has 60 valence electrons. The van der Waals surface area contributed by atoms with Gasteiger partial charge in [-0.3, -0.25) is 0 Å². The van der Waals surface area contributed by atoms with Crippen LogP contribution >= 0.6 is 0 Å². The van der Waals surface area contributed by atoms with Crippen LogP contribution in [-0.2, 0) is 6.42 Å². The SMILES string of the molecule is C#Cc1ccc2c(c1)CCN2C. The van der Waals surface area contributed by atoms with E-state index in [9.17, 15) is 0 Å². The highest BCUT2D eigenvalue weighted by molar-refractivity contribution is 5.60. The molecule has 0 aliphatic carbocycles. The van der Waals surface area contributed by atoms with E-state index in [1.807, 2.05) is 6.07 Å². The molecule has 0 spiro atoms. The summed E-state index contributed by atoms with van der Waals surface area (Å²) in [6.07, 6.45) is 6.44. The fourth-order valence-electron chi connectivity index (χ4n) is 1.66. The summed E-state index contributed by atoms with van der Waals surface area (Å²) in [4.78, 5) is 2.26. The van der Waals surface area contributed by atoms with Gasteiger partial charge in [-0.25, -0.2) is 0 Å². The van der Waals surface area contributed by atoms with Gasteiger partial charge < -0.3 is 4.90 Å². The molecule has 1 aromatic rings. The van der Waals surface area contributed by atoms with E-state index < -0.39 is 0 Å². The van der Waals surface area contributed by atoms with Crippen LogP contribution in [0.2, 0.25) is 0 Å². The molecule has 0 unspecified atom stereocenters. The predicted octanol–water partition coefficient (Wildman–Crippen LogP) is 1.66. The molecule has 0 bridgehead atoms. The molecule has 0 amide bonds. The summed E-state index contributed by atoms with van der Waals surface area (Å²) in [5, 5.41) is 0. The summed E-state index contributed by atoms with van der Waals surface area (Å²) in [5.74, 6) is 2.65. The highest BCUT2D eigenvalue weighted by Crippen LogP contribution is 2.26. The lowest BCUT2D eigenvalue weighted by atomic mass is 10.1. The van der Waals surface area contributed by atoms with Crippen molar-refractivity contribution in [2.45, 2.75) is 6.42 Å². The lowest BCUT2D eigenvalue weighted by molar-refractivity contribution is 0.956. The van der Waals surface area contributed by atoms with Gasteiger partial charge in [-0.05, 0) is 30.2 Å². The van der Waals surface area contributed by atoms with Gasteiger partial charge in [-0.1, -0.05) is 5.92 Å². The minimum Gasteiger partial charge on any atom is -0.374 e. The number of hydrogen-bond acceptors (Lipinski definition) is 1. The number of likely N-dealkylation sites (N-methyl/N-ethyl adjacent to an activating group) is 1. The van der Waals surface area contributed by atoms with E-state index in [4.69, 9.17) is 6.42 Å². The average Bonchev–Trinajstić information content (AvgIpc) is 2.47. The summed E-state index contributed by atoms with van der Waals surface area (Å²) in [6.45, 7) is 1.11. The van der Waals surface area contributed by atoms with Crippen LogP contribution in [0.15, 0.2) is 18.2 Å². The van der Waals surface area contributed by atoms with Crippen molar-refractivity contribution in [3.05, 3.63) is 29.3 Å². The van der Waals surface area contributed by atoms with Crippen LogP contribution in [0.25, 0.3) is 0 Å². The molecule has 1 nitrogen and oxygen atoms in total. The van der Waals surface area contributed by atoms with Crippen LogP contribution in [0.4, 0.5) is 5.69 Å². The summed E-state index contributed by atoms with van der Waals surface area (Å²) in [6, 6.07) is 6.22. The van der Waals surface area contributed by atoms with Crippen LogP contribution in [0.3, 0.4) is 0 Å². The van der Waals surface area contributed by atoms with Crippen molar-refractivity contribution in [3.63, 3.8) is 0 Å². The minimum absolute atomic E-state index is 0.990. The Morgan fingerprint density at radius 1 is 1.50 bits per heavy atom. The number of fused-ring (bicyclic) bond motifs is 1. The Kier molecular flexibility index (Phi) is 1.55. The number of anilines is 1. The first-order valence-electron chi connectivity index (χ1n) is 4.12. The van der Waals surface area contributed by atoms with Crippen molar-refractivity contribution in [3.8, 4) is 12.3 Å². The molecular weight excluding hydrogens is 146 g/mol. The monoisotopic (exact) mass is 157 g/mol. The maximum Gasteiger partial charge on any atom is 0.0397 e. The Morgan fingerprint density at radius 2 is 2.33 bits per heavy atom. The lowest BCUT2D eigenvalue weighted by Gasteiger charge is -2.10. The smallest absolute Gasteiger partial charge is 0.0397 e. The molecule has 1 heterocycles. The summed E-state index contributed by atoms with van der Waals surface area (Å²) in [7, 11) is 2.11. The molecule has 0 saturated heterocycles. The van der Waals surface area contributed by atoms with Gasteiger partial charge in [-0.2, -0.15) is 0 Å². The molecule has 1 aliphatic heterocycles. The van der Waals surface area contributed by atoms with Crippen molar-refractivity contribution in [1.29, 1.82) is 0 Å². The molecule has 0 atom stereocenters. The lowest BCUT2D eigenvalue weighted by Crippen LogP contribution is -2.12. The van der Waals surface area contributed by atoms with E-state index >= 15 is 0 Å². The maximum atomic E-state index is 5.31. The number of nitrogens with zero attached hydrogens (tertiary/aromatic N) is 1. The quantitative estimate of drug-likeness (QED) is 0.518. The zero-order valence-electron chi connectivity index (χ0n) is 7.17. The average molecular weight is 157 g/mol. The third-order valence-corrected chi connectivity index (χ3v) is 2.37. The van der Waals surface area contributed by atoms with Crippen molar-refractivity contribution in [1.82, 2.24) is 0 Å². The Morgan fingerprint density at radius 3 is 3.08 bits per heavy atom. The Bertz CT molecular complexity index is 347. The van der Waals surface area contributed by atoms with E-state index in [1.54, 1.807) is 0 Å². The first-order chi connectivity index (χ1) is 5.81. The molecule has 1 heteroatoms. The number of benzene rings is 1. The van der Waals surface area contributed by atoms with Gasteiger partial charge in [0.1, 0.15) is 0 Å². The van der Waals surface area contributed by atoms with E-state index in [-0.39, 0.29) is 0 Å². The highest BCUT2D eigenvalue weighted by Gasteiger charge is 2.14. The zero-order chi connectivity index (χ0) is 8.55. The second-order valence-electron chi connectivity index (χ2n) is 3.16. The molecule has 0 N–H and O–H groups in total. The fraction of sp³-hybridized carbons (Fsp3) is 0.273.